The van der Waals surface area contributed by atoms with E-state index in [0.29, 0.717) is 23.8 Å². The summed E-state index contributed by atoms with van der Waals surface area (Å²) in [5.74, 6) is 3.01. The molecular formula is C15H23N5. The lowest BCUT2D eigenvalue weighted by Crippen LogP contribution is -2.41. The minimum Gasteiger partial charge on any atom is -0.384 e. The Kier molecular flexibility index (Phi) is 3.02. The van der Waals surface area contributed by atoms with Gasteiger partial charge < -0.3 is 11.1 Å². The zero-order valence-corrected chi connectivity index (χ0v) is 11.9. The van der Waals surface area contributed by atoms with Gasteiger partial charge in [0.05, 0.1) is 0 Å². The van der Waals surface area contributed by atoms with E-state index in [2.05, 4.69) is 20.2 Å². The van der Waals surface area contributed by atoms with Crippen LogP contribution in [0.15, 0.2) is 6.07 Å². The summed E-state index contributed by atoms with van der Waals surface area (Å²) in [6, 6.07) is 3.10. The van der Waals surface area contributed by atoms with Gasteiger partial charge in [-0.05, 0) is 38.6 Å². The van der Waals surface area contributed by atoms with Gasteiger partial charge in [0.1, 0.15) is 17.5 Å². The van der Waals surface area contributed by atoms with Crippen LogP contribution in [0, 0.1) is 0 Å². The van der Waals surface area contributed by atoms with Crippen LogP contribution in [0.2, 0.25) is 0 Å². The number of hydrogen-bond acceptors (Lipinski definition) is 5. The molecule has 108 valence electrons. The van der Waals surface area contributed by atoms with Crippen LogP contribution in [0.25, 0.3) is 0 Å². The van der Waals surface area contributed by atoms with E-state index in [1.165, 1.54) is 51.6 Å². The van der Waals surface area contributed by atoms with E-state index in [0.717, 1.165) is 11.6 Å². The van der Waals surface area contributed by atoms with Gasteiger partial charge in [0.25, 0.3) is 0 Å². The molecule has 1 saturated carbocycles. The second-order valence-electron chi connectivity index (χ2n) is 6.45. The molecule has 1 aliphatic carbocycles. The van der Waals surface area contributed by atoms with Crippen LogP contribution in [0.4, 0.5) is 11.6 Å². The van der Waals surface area contributed by atoms with E-state index in [9.17, 15) is 0 Å². The highest BCUT2D eigenvalue weighted by Crippen LogP contribution is 2.39. The van der Waals surface area contributed by atoms with Gasteiger partial charge >= 0.3 is 0 Å². The number of nitrogen functional groups attached to an aromatic ring is 1. The van der Waals surface area contributed by atoms with Crippen molar-refractivity contribution >= 4 is 11.6 Å². The van der Waals surface area contributed by atoms with Crippen LogP contribution < -0.4 is 11.1 Å². The molecule has 3 heterocycles. The first-order valence-corrected chi connectivity index (χ1v) is 7.94. The fraction of sp³-hybridized carbons (Fsp3) is 0.733. The van der Waals surface area contributed by atoms with Crippen LogP contribution in [0.5, 0.6) is 0 Å². The van der Waals surface area contributed by atoms with Crippen molar-refractivity contribution in [2.45, 2.75) is 56.5 Å². The molecule has 0 spiro atoms. The Balaban J connectivity index is 1.50. The highest BCUT2D eigenvalue weighted by atomic mass is 15.2. The van der Waals surface area contributed by atoms with Crippen LogP contribution in [0.3, 0.4) is 0 Å². The van der Waals surface area contributed by atoms with Gasteiger partial charge in [-0.25, -0.2) is 9.97 Å². The molecule has 2 aliphatic heterocycles. The van der Waals surface area contributed by atoms with Crippen LogP contribution in [-0.4, -0.2) is 40.0 Å². The number of aromatic nitrogens is 2. The SMILES string of the molecule is Nc1cc(NC2CCN3CCCCC23)nc(C2CC2)n1. The minimum atomic E-state index is 0.525. The first kappa shape index (κ1) is 12.4. The largest absolute Gasteiger partial charge is 0.384 e. The predicted molar refractivity (Wildman–Crippen MR) is 79.7 cm³/mol. The van der Waals surface area contributed by atoms with E-state index in [4.69, 9.17) is 5.73 Å². The smallest absolute Gasteiger partial charge is 0.136 e. The van der Waals surface area contributed by atoms with Crippen molar-refractivity contribution in [2.24, 2.45) is 0 Å². The Morgan fingerprint density at radius 1 is 1.10 bits per heavy atom. The number of fused-ring (bicyclic) bond motifs is 1. The van der Waals surface area contributed by atoms with Gasteiger partial charge in [0.2, 0.25) is 0 Å². The number of hydrogen-bond donors (Lipinski definition) is 2. The van der Waals surface area contributed by atoms with Gasteiger partial charge in [0, 0.05) is 30.6 Å². The van der Waals surface area contributed by atoms with Crippen LogP contribution in [0.1, 0.15) is 50.3 Å². The molecule has 5 nitrogen and oxygen atoms in total. The third kappa shape index (κ3) is 2.35. The quantitative estimate of drug-likeness (QED) is 0.881. The van der Waals surface area contributed by atoms with E-state index >= 15 is 0 Å². The van der Waals surface area contributed by atoms with Gasteiger partial charge in [-0.15, -0.1) is 0 Å². The standard InChI is InChI=1S/C15H23N5/c16-13-9-14(19-15(18-13)10-4-5-10)17-11-6-8-20-7-2-1-3-12(11)20/h9-12H,1-8H2,(H3,16,17,18,19). The fourth-order valence-electron chi connectivity index (χ4n) is 3.69. The molecule has 3 aliphatic rings. The number of anilines is 2. The second-order valence-corrected chi connectivity index (χ2v) is 6.45. The van der Waals surface area contributed by atoms with E-state index in [1.54, 1.807) is 0 Å². The van der Waals surface area contributed by atoms with Gasteiger partial charge in [0.15, 0.2) is 0 Å². The average molecular weight is 273 g/mol. The fourth-order valence-corrected chi connectivity index (χ4v) is 3.69. The molecule has 0 bridgehead atoms. The Morgan fingerprint density at radius 2 is 2.00 bits per heavy atom. The number of piperidine rings is 1. The van der Waals surface area contributed by atoms with Crippen molar-refractivity contribution in [3.8, 4) is 0 Å². The van der Waals surface area contributed by atoms with E-state index in [1.807, 2.05) is 6.07 Å². The summed E-state index contributed by atoms with van der Waals surface area (Å²) in [6.45, 7) is 2.49. The molecule has 2 atom stereocenters. The molecule has 3 N–H and O–H groups in total. The summed E-state index contributed by atoms with van der Waals surface area (Å²) >= 11 is 0. The molecule has 1 aromatic heterocycles. The summed E-state index contributed by atoms with van der Waals surface area (Å²) < 4.78 is 0. The van der Waals surface area contributed by atoms with Crippen molar-refractivity contribution in [3.63, 3.8) is 0 Å². The van der Waals surface area contributed by atoms with Crippen molar-refractivity contribution in [1.29, 1.82) is 0 Å². The highest BCUT2D eigenvalue weighted by Gasteiger charge is 2.35. The molecule has 2 unspecified atom stereocenters. The Morgan fingerprint density at radius 3 is 2.85 bits per heavy atom. The lowest BCUT2D eigenvalue weighted by atomic mass is 9.99. The summed E-state index contributed by atoms with van der Waals surface area (Å²) in [6.07, 6.45) is 7.67. The first-order chi connectivity index (χ1) is 9.79. The number of rotatable bonds is 3. The van der Waals surface area contributed by atoms with Crippen molar-refractivity contribution in [3.05, 3.63) is 11.9 Å². The van der Waals surface area contributed by atoms with Crippen molar-refractivity contribution < 1.29 is 0 Å². The molecular weight excluding hydrogens is 250 g/mol. The lowest BCUT2D eigenvalue weighted by molar-refractivity contribution is 0.192. The lowest BCUT2D eigenvalue weighted by Gasteiger charge is -2.32. The highest BCUT2D eigenvalue weighted by molar-refractivity contribution is 5.46. The maximum absolute atomic E-state index is 5.93. The molecule has 5 heteroatoms. The molecule has 0 radical (unpaired) electrons. The van der Waals surface area contributed by atoms with Gasteiger partial charge in [-0.3, -0.25) is 4.90 Å². The molecule has 2 saturated heterocycles. The summed E-state index contributed by atoms with van der Waals surface area (Å²) in [5, 5.41) is 3.63. The zero-order valence-electron chi connectivity index (χ0n) is 11.9. The monoisotopic (exact) mass is 273 g/mol. The summed E-state index contributed by atoms with van der Waals surface area (Å²) in [4.78, 5) is 11.7. The molecule has 1 aromatic rings. The Hall–Kier alpha value is -1.36. The second kappa shape index (κ2) is 4.88. The minimum absolute atomic E-state index is 0.525. The zero-order chi connectivity index (χ0) is 13.5. The molecule has 20 heavy (non-hydrogen) atoms. The van der Waals surface area contributed by atoms with E-state index < -0.39 is 0 Å². The van der Waals surface area contributed by atoms with Crippen molar-refractivity contribution in [2.75, 3.05) is 24.1 Å². The normalized spacial score (nSPS) is 30.2. The number of nitrogens with zero attached hydrogens (tertiary/aromatic N) is 3. The molecule has 3 fully saturated rings. The van der Waals surface area contributed by atoms with Crippen LogP contribution >= 0.6 is 0 Å². The molecule has 0 aromatic carbocycles. The third-order valence-corrected chi connectivity index (χ3v) is 4.90. The van der Waals surface area contributed by atoms with Gasteiger partial charge in [-0.1, -0.05) is 6.42 Å². The Bertz CT molecular complexity index is 499. The average Bonchev–Trinajstić information content (AvgIpc) is 3.22. The predicted octanol–water partition coefficient (Wildman–Crippen LogP) is 1.97. The summed E-state index contributed by atoms with van der Waals surface area (Å²) in [7, 11) is 0. The van der Waals surface area contributed by atoms with Crippen LogP contribution in [-0.2, 0) is 0 Å². The number of nitrogens with two attached hydrogens (primary N) is 1. The Labute approximate surface area is 120 Å². The van der Waals surface area contributed by atoms with Gasteiger partial charge in [-0.2, -0.15) is 0 Å². The summed E-state index contributed by atoms with van der Waals surface area (Å²) in [5.41, 5.74) is 5.93. The third-order valence-electron chi connectivity index (χ3n) is 4.90. The maximum atomic E-state index is 5.93. The first-order valence-electron chi connectivity index (χ1n) is 7.94. The van der Waals surface area contributed by atoms with E-state index in [-0.39, 0.29) is 0 Å². The molecule has 0 amide bonds. The van der Waals surface area contributed by atoms with Crippen molar-refractivity contribution in [1.82, 2.24) is 14.9 Å². The molecule has 4 rings (SSSR count). The maximum Gasteiger partial charge on any atom is 0.136 e. The topological polar surface area (TPSA) is 67.1 Å². The number of nitrogens with one attached hydrogen (secondary N) is 1.